The number of pyridine rings is 1. The van der Waals surface area contributed by atoms with Gasteiger partial charge < -0.3 is 10.6 Å². The number of aromatic nitrogens is 2. The summed E-state index contributed by atoms with van der Waals surface area (Å²) in [5, 5.41) is 8.16. The maximum absolute atomic E-state index is 12.0. The zero-order valence-corrected chi connectivity index (χ0v) is 12.6. The van der Waals surface area contributed by atoms with Crippen LogP contribution in [0.15, 0.2) is 23.0 Å². The van der Waals surface area contributed by atoms with Gasteiger partial charge in [-0.15, -0.1) is 11.3 Å². The van der Waals surface area contributed by atoms with Crippen molar-refractivity contribution >= 4 is 34.7 Å². The molecular weight excluding hydrogens is 296 g/mol. The van der Waals surface area contributed by atoms with Crippen molar-refractivity contribution in [1.82, 2.24) is 15.3 Å². The van der Waals surface area contributed by atoms with E-state index in [1.54, 1.807) is 17.6 Å². The number of amides is 1. The van der Waals surface area contributed by atoms with E-state index in [-0.39, 0.29) is 11.6 Å². The van der Waals surface area contributed by atoms with Gasteiger partial charge in [-0.05, 0) is 19.1 Å². The first-order valence-electron chi connectivity index (χ1n) is 6.26. The molecule has 0 saturated heterocycles. The first-order valence-corrected chi connectivity index (χ1v) is 7.58. The first kappa shape index (κ1) is 14.7. The SMILES string of the molecule is CCNc1ccc(Cl)c(C(=O)NCCc2cscn2)n1. The topological polar surface area (TPSA) is 66.9 Å². The van der Waals surface area contributed by atoms with Crippen molar-refractivity contribution in [1.29, 1.82) is 0 Å². The van der Waals surface area contributed by atoms with Gasteiger partial charge in [0.1, 0.15) is 11.5 Å². The van der Waals surface area contributed by atoms with Crippen LogP contribution in [0.4, 0.5) is 5.82 Å². The van der Waals surface area contributed by atoms with Crippen LogP contribution in [0.5, 0.6) is 0 Å². The molecule has 0 unspecified atom stereocenters. The molecule has 2 aromatic rings. The molecule has 0 aliphatic carbocycles. The Kier molecular flexibility index (Phi) is 5.31. The van der Waals surface area contributed by atoms with Gasteiger partial charge in [0.2, 0.25) is 0 Å². The Morgan fingerprint density at radius 3 is 3.00 bits per heavy atom. The van der Waals surface area contributed by atoms with Crippen molar-refractivity contribution in [3.8, 4) is 0 Å². The quantitative estimate of drug-likeness (QED) is 0.860. The largest absolute Gasteiger partial charge is 0.370 e. The van der Waals surface area contributed by atoms with Gasteiger partial charge in [-0.1, -0.05) is 11.6 Å². The summed E-state index contributed by atoms with van der Waals surface area (Å²) in [6.45, 7) is 3.20. The molecule has 2 heterocycles. The Hall–Kier alpha value is -1.66. The second-order valence-electron chi connectivity index (χ2n) is 4.04. The Bertz CT molecular complexity index is 574. The van der Waals surface area contributed by atoms with Crippen molar-refractivity contribution in [2.75, 3.05) is 18.4 Å². The molecule has 0 bridgehead atoms. The zero-order valence-electron chi connectivity index (χ0n) is 11.0. The van der Waals surface area contributed by atoms with Crippen LogP contribution in [-0.2, 0) is 6.42 Å². The number of rotatable bonds is 6. The molecule has 2 N–H and O–H groups in total. The number of hydrogen-bond donors (Lipinski definition) is 2. The fourth-order valence-electron chi connectivity index (χ4n) is 1.63. The molecule has 0 fully saturated rings. The Labute approximate surface area is 126 Å². The maximum atomic E-state index is 12.0. The lowest BCUT2D eigenvalue weighted by molar-refractivity contribution is 0.0949. The summed E-state index contributed by atoms with van der Waals surface area (Å²) in [5.74, 6) is 0.367. The summed E-state index contributed by atoms with van der Waals surface area (Å²) < 4.78 is 0. The minimum absolute atomic E-state index is 0.239. The Morgan fingerprint density at radius 1 is 1.45 bits per heavy atom. The molecule has 0 radical (unpaired) electrons. The van der Waals surface area contributed by atoms with Crippen molar-refractivity contribution in [3.05, 3.63) is 39.4 Å². The number of thiazole rings is 1. The molecule has 0 aliphatic rings. The van der Waals surface area contributed by atoms with Crippen molar-refractivity contribution in [2.45, 2.75) is 13.3 Å². The lowest BCUT2D eigenvalue weighted by Crippen LogP contribution is -2.27. The molecule has 5 nitrogen and oxygen atoms in total. The van der Waals surface area contributed by atoms with E-state index >= 15 is 0 Å². The highest BCUT2D eigenvalue weighted by atomic mass is 35.5. The van der Waals surface area contributed by atoms with Crippen molar-refractivity contribution in [2.24, 2.45) is 0 Å². The third-order valence-corrected chi connectivity index (χ3v) is 3.51. The monoisotopic (exact) mass is 310 g/mol. The second-order valence-corrected chi connectivity index (χ2v) is 5.17. The number of nitrogens with zero attached hydrogens (tertiary/aromatic N) is 2. The summed E-state index contributed by atoms with van der Waals surface area (Å²) in [7, 11) is 0. The van der Waals surface area contributed by atoms with Crippen LogP contribution in [0.1, 0.15) is 23.1 Å². The summed E-state index contributed by atoms with van der Waals surface area (Å²) in [6.07, 6.45) is 0.694. The zero-order chi connectivity index (χ0) is 14.4. The number of hydrogen-bond acceptors (Lipinski definition) is 5. The van der Waals surface area contributed by atoms with Crippen molar-refractivity contribution in [3.63, 3.8) is 0 Å². The van der Waals surface area contributed by atoms with Crippen LogP contribution in [0.25, 0.3) is 0 Å². The summed E-state index contributed by atoms with van der Waals surface area (Å²) in [4.78, 5) is 20.4. The van der Waals surface area contributed by atoms with Crippen LogP contribution in [-0.4, -0.2) is 29.0 Å². The molecule has 20 heavy (non-hydrogen) atoms. The van der Waals surface area contributed by atoms with Crippen LogP contribution >= 0.6 is 22.9 Å². The molecule has 106 valence electrons. The van der Waals surface area contributed by atoms with E-state index < -0.39 is 0 Å². The molecule has 2 rings (SSSR count). The molecule has 0 atom stereocenters. The molecule has 2 aromatic heterocycles. The first-order chi connectivity index (χ1) is 9.70. The third-order valence-electron chi connectivity index (χ3n) is 2.57. The minimum Gasteiger partial charge on any atom is -0.370 e. The van der Waals surface area contributed by atoms with Crippen LogP contribution in [0.2, 0.25) is 5.02 Å². The number of carbonyl (C=O) groups excluding carboxylic acids is 1. The normalized spacial score (nSPS) is 10.3. The van der Waals surface area contributed by atoms with E-state index in [9.17, 15) is 4.79 Å². The van der Waals surface area contributed by atoms with E-state index in [1.807, 2.05) is 12.3 Å². The molecule has 7 heteroatoms. The number of halogens is 1. The minimum atomic E-state index is -0.273. The van der Waals surface area contributed by atoms with Gasteiger partial charge in [0.25, 0.3) is 5.91 Å². The second kappa shape index (κ2) is 7.21. The highest BCUT2D eigenvalue weighted by Gasteiger charge is 2.12. The summed E-state index contributed by atoms with van der Waals surface area (Å²) in [5.41, 5.74) is 2.98. The smallest absolute Gasteiger partial charge is 0.271 e. The van der Waals surface area contributed by atoms with Gasteiger partial charge in [-0.25, -0.2) is 9.97 Å². The van der Waals surface area contributed by atoms with Gasteiger partial charge in [-0.2, -0.15) is 0 Å². The van der Waals surface area contributed by atoms with Gasteiger partial charge in [-0.3, -0.25) is 4.79 Å². The molecule has 1 amide bonds. The van der Waals surface area contributed by atoms with Crippen LogP contribution in [0.3, 0.4) is 0 Å². The van der Waals surface area contributed by atoms with Crippen LogP contribution in [0, 0.1) is 0 Å². The fraction of sp³-hybridized carbons (Fsp3) is 0.308. The van der Waals surface area contributed by atoms with Gasteiger partial charge >= 0.3 is 0 Å². The van der Waals surface area contributed by atoms with E-state index in [1.165, 1.54) is 11.3 Å². The number of anilines is 1. The average molecular weight is 311 g/mol. The lowest BCUT2D eigenvalue weighted by atomic mass is 10.3. The summed E-state index contributed by atoms with van der Waals surface area (Å²) >= 11 is 7.55. The van der Waals surface area contributed by atoms with Crippen LogP contribution < -0.4 is 10.6 Å². The van der Waals surface area contributed by atoms with Gasteiger partial charge in [0.15, 0.2) is 0 Å². The highest BCUT2D eigenvalue weighted by molar-refractivity contribution is 7.07. The maximum Gasteiger partial charge on any atom is 0.271 e. The Morgan fingerprint density at radius 2 is 2.30 bits per heavy atom. The molecule has 0 saturated carbocycles. The highest BCUT2D eigenvalue weighted by Crippen LogP contribution is 2.16. The van der Waals surface area contributed by atoms with E-state index in [2.05, 4.69) is 20.6 Å². The Balaban J connectivity index is 1.95. The standard InChI is InChI=1S/C13H15ClN4OS/c1-2-15-11-4-3-10(14)12(18-11)13(19)16-6-5-9-7-20-8-17-9/h3-4,7-8H,2,5-6H2,1H3,(H,15,18)(H,16,19). The molecule has 0 spiro atoms. The predicted octanol–water partition coefficient (Wildman–Crippen LogP) is 2.60. The average Bonchev–Trinajstić information content (AvgIpc) is 2.94. The lowest BCUT2D eigenvalue weighted by Gasteiger charge is -2.08. The molecular formula is C13H15ClN4OS. The molecule has 0 aliphatic heterocycles. The van der Waals surface area contributed by atoms with Crippen molar-refractivity contribution < 1.29 is 4.79 Å². The third kappa shape index (κ3) is 3.91. The number of carbonyl (C=O) groups is 1. The van der Waals surface area contributed by atoms with E-state index in [0.717, 1.165) is 12.2 Å². The summed E-state index contributed by atoms with van der Waals surface area (Å²) in [6, 6.07) is 3.42. The van der Waals surface area contributed by atoms with Gasteiger partial charge in [0.05, 0.1) is 16.2 Å². The van der Waals surface area contributed by atoms with E-state index in [4.69, 9.17) is 11.6 Å². The predicted molar refractivity (Wildman–Crippen MR) is 81.6 cm³/mol. The number of nitrogens with one attached hydrogen (secondary N) is 2. The van der Waals surface area contributed by atoms with Gasteiger partial charge in [0, 0.05) is 24.9 Å². The fourth-order valence-corrected chi connectivity index (χ4v) is 2.41. The van der Waals surface area contributed by atoms with E-state index in [0.29, 0.717) is 23.8 Å². The molecule has 0 aromatic carbocycles.